The largest absolute Gasteiger partial charge is 0.394 e. The molecule has 2 atom stereocenters. The predicted molar refractivity (Wildman–Crippen MR) is 31.0 cm³/mol. The smallest absolute Gasteiger partial charge is 0.232 e. The first kappa shape index (κ1) is 9.28. The van der Waals surface area contributed by atoms with Gasteiger partial charge < -0.3 is 15.3 Å². The van der Waals surface area contributed by atoms with Crippen LogP contribution in [0, 0.1) is 10.1 Å². The van der Waals surface area contributed by atoms with E-state index in [9.17, 15) is 10.1 Å². The van der Waals surface area contributed by atoms with E-state index >= 15 is 0 Å². The summed E-state index contributed by atoms with van der Waals surface area (Å²) in [4.78, 5) is 8.92. The van der Waals surface area contributed by atoms with Crippen LogP contribution < -0.4 is 0 Å². The van der Waals surface area contributed by atoms with Crippen LogP contribution in [0.4, 0.5) is 0 Å². The van der Waals surface area contributed by atoms with Gasteiger partial charge in [-0.1, -0.05) is 0 Å². The fourth-order valence-electron chi connectivity index (χ4n) is 0.396. The maximum Gasteiger partial charge on any atom is 0.232 e. The van der Waals surface area contributed by atoms with Crippen molar-refractivity contribution < 1.29 is 20.2 Å². The van der Waals surface area contributed by atoms with E-state index in [-0.39, 0.29) is 0 Å². The monoisotopic (exact) mass is 151 g/mol. The zero-order valence-corrected chi connectivity index (χ0v) is 5.17. The quantitative estimate of drug-likeness (QED) is 0.317. The Morgan fingerprint density at radius 1 is 1.40 bits per heavy atom. The van der Waals surface area contributed by atoms with Crippen LogP contribution >= 0.6 is 0 Å². The molecule has 0 aliphatic rings. The molecule has 10 heavy (non-hydrogen) atoms. The van der Waals surface area contributed by atoms with Crippen LogP contribution in [0.5, 0.6) is 0 Å². The molecular weight excluding hydrogens is 142 g/mol. The Bertz CT molecular complexity index is 116. The van der Waals surface area contributed by atoms with E-state index in [0.717, 1.165) is 0 Å². The first-order chi connectivity index (χ1) is 4.57. The highest BCUT2D eigenvalue weighted by atomic mass is 16.6. The van der Waals surface area contributed by atoms with Gasteiger partial charge in [-0.3, -0.25) is 10.1 Å². The summed E-state index contributed by atoms with van der Waals surface area (Å²) >= 11 is 0. The topological polar surface area (TPSA) is 104 Å². The van der Waals surface area contributed by atoms with Crippen LogP contribution in [0.15, 0.2) is 0 Å². The minimum absolute atomic E-state index is 0.672. The van der Waals surface area contributed by atoms with Gasteiger partial charge in [0.2, 0.25) is 6.54 Å². The third-order valence-electron chi connectivity index (χ3n) is 0.967. The average molecular weight is 151 g/mol. The highest BCUT2D eigenvalue weighted by molar-refractivity contribution is 4.63. The van der Waals surface area contributed by atoms with Crippen LogP contribution in [-0.2, 0) is 0 Å². The average Bonchev–Trinajstić information content (AvgIpc) is 1.85. The normalized spacial score (nSPS) is 16.3. The molecule has 0 rings (SSSR count). The van der Waals surface area contributed by atoms with E-state index in [1.165, 1.54) is 0 Å². The van der Waals surface area contributed by atoms with Crippen LogP contribution in [0.25, 0.3) is 0 Å². The maximum atomic E-state index is 9.68. The van der Waals surface area contributed by atoms with Crippen LogP contribution in [0.1, 0.15) is 0 Å². The van der Waals surface area contributed by atoms with Crippen molar-refractivity contribution in [3.8, 4) is 0 Å². The summed E-state index contributed by atoms with van der Waals surface area (Å²) in [6.07, 6.45) is -2.91. The van der Waals surface area contributed by atoms with Gasteiger partial charge >= 0.3 is 0 Å². The van der Waals surface area contributed by atoms with Crippen LogP contribution in [0.3, 0.4) is 0 Å². The number of hydrogen-bond acceptors (Lipinski definition) is 5. The van der Waals surface area contributed by atoms with Crippen molar-refractivity contribution in [2.24, 2.45) is 0 Å². The van der Waals surface area contributed by atoms with E-state index in [4.69, 9.17) is 15.3 Å². The lowest BCUT2D eigenvalue weighted by Crippen LogP contribution is -2.35. The molecular formula is C4H9NO5. The molecule has 3 N–H and O–H groups in total. The molecule has 0 bridgehead atoms. The highest BCUT2D eigenvalue weighted by Gasteiger charge is 2.19. The Kier molecular flexibility index (Phi) is 3.85. The Hall–Kier alpha value is -0.720. The zero-order chi connectivity index (χ0) is 8.15. The standard InChI is InChI=1S/C4H9NO5/c6-2-4(8)3(7)1-5(9)10/h3-4,6-8H,1-2H2/t3-,4+/m0/s1. The summed E-state index contributed by atoms with van der Waals surface area (Å²) < 4.78 is 0. The lowest BCUT2D eigenvalue weighted by atomic mass is 10.2. The summed E-state index contributed by atoms with van der Waals surface area (Å²) in [7, 11) is 0. The number of aliphatic hydroxyl groups excluding tert-OH is 3. The van der Waals surface area contributed by atoms with E-state index in [2.05, 4.69) is 0 Å². The number of nitrogens with zero attached hydrogens (tertiary/aromatic N) is 1. The molecule has 0 spiro atoms. The van der Waals surface area contributed by atoms with E-state index in [1.807, 2.05) is 0 Å². The second kappa shape index (κ2) is 4.15. The molecule has 0 saturated heterocycles. The van der Waals surface area contributed by atoms with E-state index in [0.29, 0.717) is 0 Å². The lowest BCUT2D eigenvalue weighted by molar-refractivity contribution is -0.493. The summed E-state index contributed by atoms with van der Waals surface area (Å²) in [6.45, 7) is -1.42. The minimum atomic E-state index is -1.49. The molecule has 60 valence electrons. The van der Waals surface area contributed by atoms with E-state index < -0.39 is 30.3 Å². The summed E-state index contributed by atoms with van der Waals surface area (Å²) in [6, 6.07) is 0. The highest BCUT2D eigenvalue weighted by Crippen LogP contribution is 1.91. The van der Waals surface area contributed by atoms with Gasteiger partial charge in [-0.2, -0.15) is 0 Å². The Morgan fingerprint density at radius 3 is 2.20 bits per heavy atom. The Labute approximate surface area is 56.9 Å². The molecule has 0 unspecified atom stereocenters. The van der Waals surface area contributed by atoms with Crippen molar-refractivity contribution in [1.29, 1.82) is 0 Å². The minimum Gasteiger partial charge on any atom is -0.394 e. The molecule has 0 saturated carbocycles. The van der Waals surface area contributed by atoms with Crippen molar-refractivity contribution in [2.75, 3.05) is 13.2 Å². The molecule has 6 heteroatoms. The second-order valence-corrected chi connectivity index (χ2v) is 1.83. The molecule has 0 aromatic carbocycles. The number of hydrogen-bond donors (Lipinski definition) is 3. The van der Waals surface area contributed by atoms with Crippen molar-refractivity contribution in [3.63, 3.8) is 0 Å². The molecule has 0 aliphatic heterocycles. The summed E-state index contributed by atoms with van der Waals surface area (Å²) in [5.41, 5.74) is 0. The van der Waals surface area contributed by atoms with Gasteiger partial charge in [-0.05, 0) is 0 Å². The number of aliphatic hydroxyl groups is 3. The van der Waals surface area contributed by atoms with Crippen LogP contribution in [-0.4, -0.2) is 45.6 Å². The van der Waals surface area contributed by atoms with Crippen molar-refractivity contribution in [3.05, 3.63) is 10.1 Å². The summed E-state index contributed by atoms with van der Waals surface area (Å²) in [5, 5.41) is 35.1. The molecule has 0 heterocycles. The zero-order valence-electron chi connectivity index (χ0n) is 5.17. The number of rotatable bonds is 4. The van der Waals surface area contributed by atoms with Gasteiger partial charge in [0.1, 0.15) is 12.2 Å². The van der Waals surface area contributed by atoms with Crippen molar-refractivity contribution in [2.45, 2.75) is 12.2 Å². The van der Waals surface area contributed by atoms with Gasteiger partial charge in [0.05, 0.1) is 6.61 Å². The molecule has 0 radical (unpaired) electrons. The fraction of sp³-hybridized carbons (Fsp3) is 1.00. The van der Waals surface area contributed by atoms with Crippen molar-refractivity contribution >= 4 is 0 Å². The van der Waals surface area contributed by atoms with Gasteiger partial charge in [-0.25, -0.2) is 0 Å². The Morgan fingerprint density at radius 2 is 1.90 bits per heavy atom. The Balaban J connectivity index is 3.61. The fourth-order valence-corrected chi connectivity index (χ4v) is 0.396. The predicted octanol–water partition coefficient (Wildman–Crippen LogP) is -2.02. The van der Waals surface area contributed by atoms with E-state index in [1.54, 1.807) is 0 Å². The van der Waals surface area contributed by atoms with Gasteiger partial charge in [-0.15, -0.1) is 0 Å². The second-order valence-electron chi connectivity index (χ2n) is 1.83. The molecule has 0 aromatic heterocycles. The van der Waals surface area contributed by atoms with Crippen LogP contribution in [0.2, 0.25) is 0 Å². The summed E-state index contributed by atoms with van der Waals surface area (Å²) in [5.74, 6) is 0. The molecule has 6 nitrogen and oxygen atoms in total. The number of nitro groups is 1. The molecule has 0 amide bonds. The van der Waals surface area contributed by atoms with Gasteiger partial charge in [0, 0.05) is 4.92 Å². The molecule has 0 aromatic rings. The third-order valence-corrected chi connectivity index (χ3v) is 0.967. The maximum absolute atomic E-state index is 9.68. The third kappa shape index (κ3) is 3.33. The van der Waals surface area contributed by atoms with Crippen molar-refractivity contribution in [1.82, 2.24) is 0 Å². The van der Waals surface area contributed by atoms with Gasteiger partial charge in [0.15, 0.2) is 0 Å². The molecule has 0 fully saturated rings. The SMILES string of the molecule is O=[N+]([O-])C[C@H](O)[C@H](O)CO. The molecule has 0 aliphatic carbocycles. The first-order valence-corrected chi connectivity index (χ1v) is 2.66. The first-order valence-electron chi connectivity index (χ1n) is 2.66. The van der Waals surface area contributed by atoms with Gasteiger partial charge in [0.25, 0.3) is 0 Å². The lowest BCUT2D eigenvalue weighted by Gasteiger charge is -2.09.